The number of nitro benzene ring substituents is 1. The second kappa shape index (κ2) is 8.10. The summed E-state index contributed by atoms with van der Waals surface area (Å²) in [5.41, 5.74) is 3.84. The van der Waals surface area contributed by atoms with Gasteiger partial charge in [0, 0.05) is 48.9 Å². The number of nitrogens with zero attached hydrogens (tertiary/aromatic N) is 3. The predicted molar refractivity (Wildman–Crippen MR) is 110 cm³/mol. The monoisotopic (exact) mass is 388 g/mol. The second-order valence-corrected chi connectivity index (χ2v) is 6.89. The summed E-state index contributed by atoms with van der Waals surface area (Å²) in [6.07, 6.45) is 4.51. The highest BCUT2D eigenvalue weighted by Crippen LogP contribution is 2.34. The van der Waals surface area contributed by atoms with E-state index >= 15 is 0 Å². The number of hydrogen-bond donors (Lipinski definition) is 1. The van der Waals surface area contributed by atoms with Crippen LogP contribution in [-0.4, -0.2) is 28.9 Å². The van der Waals surface area contributed by atoms with E-state index in [4.69, 9.17) is 0 Å². The number of pyridine rings is 1. The maximum Gasteiger partial charge on any atom is 0.269 e. The summed E-state index contributed by atoms with van der Waals surface area (Å²) in [6, 6.07) is 17.7. The summed E-state index contributed by atoms with van der Waals surface area (Å²) >= 11 is 0. The van der Waals surface area contributed by atoms with Gasteiger partial charge in [-0.2, -0.15) is 0 Å². The molecule has 0 fully saturated rings. The highest BCUT2D eigenvalue weighted by atomic mass is 16.6. The Morgan fingerprint density at radius 1 is 1.14 bits per heavy atom. The van der Waals surface area contributed by atoms with E-state index in [9.17, 15) is 14.9 Å². The minimum absolute atomic E-state index is 0.0385. The van der Waals surface area contributed by atoms with Crippen molar-refractivity contribution in [2.75, 3.05) is 18.0 Å². The van der Waals surface area contributed by atoms with Crippen LogP contribution in [0.4, 0.5) is 11.4 Å². The zero-order valence-electron chi connectivity index (χ0n) is 15.7. The van der Waals surface area contributed by atoms with Crippen molar-refractivity contribution >= 4 is 17.3 Å². The van der Waals surface area contributed by atoms with E-state index < -0.39 is 4.92 Å². The third kappa shape index (κ3) is 3.94. The van der Waals surface area contributed by atoms with E-state index in [0.29, 0.717) is 12.1 Å². The lowest BCUT2D eigenvalue weighted by Crippen LogP contribution is -2.37. The van der Waals surface area contributed by atoms with Gasteiger partial charge in [0.05, 0.1) is 11.0 Å². The van der Waals surface area contributed by atoms with Crippen LogP contribution < -0.4 is 10.2 Å². The third-order valence-corrected chi connectivity index (χ3v) is 5.16. The Hall–Kier alpha value is -3.74. The molecule has 146 valence electrons. The average molecular weight is 388 g/mol. The van der Waals surface area contributed by atoms with E-state index in [1.807, 2.05) is 30.5 Å². The highest BCUT2D eigenvalue weighted by molar-refractivity contribution is 5.94. The van der Waals surface area contributed by atoms with Crippen LogP contribution in [0.2, 0.25) is 0 Å². The number of fused-ring (bicyclic) bond motifs is 1. The fourth-order valence-electron chi connectivity index (χ4n) is 3.69. The van der Waals surface area contributed by atoms with Crippen molar-refractivity contribution < 1.29 is 9.72 Å². The molecule has 2 heterocycles. The normalized spacial score (nSPS) is 13.6. The molecule has 1 aliphatic heterocycles. The summed E-state index contributed by atoms with van der Waals surface area (Å²) in [4.78, 5) is 29.5. The van der Waals surface area contributed by atoms with E-state index in [1.165, 1.54) is 35.5 Å². The molecular weight excluding hydrogens is 368 g/mol. The van der Waals surface area contributed by atoms with Crippen molar-refractivity contribution in [3.8, 4) is 0 Å². The molecule has 0 aliphatic carbocycles. The molecular formula is C22H20N4O3. The summed E-state index contributed by atoms with van der Waals surface area (Å²) in [7, 11) is 0. The average Bonchev–Trinajstić information content (AvgIpc) is 3.19. The Morgan fingerprint density at radius 3 is 2.66 bits per heavy atom. The first kappa shape index (κ1) is 18.6. The van der Waals surface area contributed by atoms with Gasteiger partial charge in [0.15, 0.2) is 0 Å². The van der Waals surface area contributed by atoms with Crippen LogP contribution in [0, 0.1) is 10.1 Å². The summed E-state index contributed by atoms with van der Waals surface area (Å²) in [6.45, 7) is 1.27. The number of benzene rings is 2. The standard InChI is InChI=1S/C22H20N4O3/c27-22(17-7-9-19(10-8-17)26(28)29)24-15-21(18-5-3-12-23-14-18)25-13-11-16-4-1-2-6-20(16)25/h1-10,12,14,21H,11,13,15H2,(H,24,27)/t21-/m0/s1. The highest BCUT2D eigenvalue weighted by Gasteiger charge is 2.27. The smallest absolute Gasteiger partial charge is 0.269 e. The molecule has 0 unspecified atom stereocenters. The van der Waals surface area contributed by atoms with Gasteiger partial charge < -0.3 is 10.2 Å². The summed E-state index contributed by atoms with van der Waals surface area (Å²) in [5, 5.41) is 13.8. The van der Waals surface area contributed by atoms with Crippen LogP contribution in [0.3, 0.4) is 0 Å². The summed E-state index contributed by atoms with van der Waals surface area (Å²) < 4.78 is 0. The van der Waals surface area contributed by atoms with Gasteiger partial charge in [-0.05, 0) is 41.8 Å². The van der Waals surface area contributed by atoms with Gasteiger partial charge in [0.25, 0.3) is 11.6 Å². The quantitative estimate of drug-likeness (QED) is 0.516. The zero-order valence-corrected chi connectivity index (χ0v) is 15.7. The fourth-order valence-corrected chi connectivity index (χ4v) is 3.69. The third-order valence-electron chi connectivity index (χ3n) is 5.16. The molecule has 7 nitrogen and oxygen atoms in total. The number of carbonyl (C=O) groups excluding carboxylic acids is 1. The largest absolute Gasteiger partial charge is 0.362 e. The molecule has 0 bridgehead atoms. The van der Waals surface area contributed by atoms with Crippen molar-refractivity contribution in [2.24, 2.45) is 0 Å². The van der Waals surface area contributed by atoms with E-state index in [0.717, 1.165) is 18.5 Å². The number of aromatic nitrogens is 1. The molecule has 3 aromatic rings. The van der Waals surface area contributed by atoms with Crippen LogP contribution in [0.25, 0.3) is 0 Å². The first-order chi connectivity index (χ1) is 14.1. The van der Waals surface area contributed by atoms with E-state index in [2.05, 4.69) is 27.3 Å². The number of rotatable bonds is 6. The van der Waals surface area contributed by atoms with Crippen LogP contribution in [0.15, 0.2) is 73.1 Å². The minimum atomic E-state index is -0.481. The van der Waals surface area contributed by atoms with Gasteiger partial charge in [0.2, 0.25) is 0 Å². The fraction of sp³-hybridized carbons (Fsp3) is 0.182. The molecule has 0 saturated heterocycles. The molecule has 1 N–H and O–H groups in total. The molecule has 1 aliphatic rings. The number of nitrogens with one attached hydrogen (secondary N) is 1. The van der Waals surface area contributed by atoms with Crippen LogP contribution in [-0.2, 0) is 6.42 Å². The molecule has 7 heteroatoms. The zero-order chi connectivity index (χ0) is 20.2. The number of amides is 1. The first-order valence-corrected chi connectivity index (χ1v) is 9.40. The maximum absolute atomic E-state index is 12.6. The SMILES string of the molecule is O=C(NC[C@@H](c1cccnc1)N1CCc2ccccc21)c1ccc([N+](=O)[O-])cc1. The van der Waals surface area contributed by atoms with Crippen LogP contribution >= 0.6 is 0 Å². The predicted octanol–water partition coefficient (Wildman–Crippen LogP) is 3.52. The van der Waals surface area contributed by atoms with Crippen molar-refractivity contribution in [3.05, 3.63) is 99.9 Å². The number of non-ortho nitro benzene ring substituents is 1. The molecule has 0 radical (unpaired) electrons. The van der Waals surface area contributed by atoms with Gasteiger partial charge in [-0.1, -0.05) is 24.3 Å². The molecule has 4 rings (SSSR count). The number of anilines is 1. The van der Waals surface area contributed by atoms with Gasteiger partial charge in [-0.15, -0.1) is 0 Å². The Balaban J connectivity index is 1.54. The van der Waals surface area contributed by atoms with Crippen LogP contribution in [0.5, 0.6) is 0 Å². The molecule has 0 saturated carbocycles. The Kier molecular flexibility index (Phi) is 5.20. The molecule has 1 amide bonds. The lowest BCUT2D eigenvalue weighted by atomic mass is 10.1. The Labute approximate surface area is 168 Å². The molecule has 1 aromatic heterocycles. The Bertz CT molecular complexity index is 1020. The topological polar surface area (TPSA) is 88.4 Å². The number of carbonyl (C=O) groups is 1. The van der Waals surface area contributed by atoms with Gasteiger partial charge in [-0.3, -0.25) is 19.9 Å². The lowest BCUT2D eigenvalue weighted by Gasteiger charge is -2.31. The minimum Gasteiger partial charge on any atom is -0.362 e. The molecule has 0 spiro atoms. The second-order valence-electron chi connectivity index (χ2n) is 6.89. The van der Waals surface area contributed by atoms with Crippen molar-refractivity contribution in [1.82, 2.24) is 10.3 Å². The van der Waals surface area contributed by atoms with E-state index in [-0.39, 0.29) is 17.6 Å². The van der Waals surface area contributed by atoms with Gasteiger partial charge >= 0.3 is 0 Å². The number of para-hydroxylation sites is 1. The first-order valence-electron chi connectivity index (χ1n) is 9.40. The molecule has 29 heavy (non-hydrogen) atoms. The van der Waals surface area contributed by atoms with E-state index in [1.54, 1.807) is 6.20 Å². The van der Waals surface area contributed by atoms with Crippen molar-refractivity contribution in [1.29, 1.82) is 0 Å². The van der Waals surface area contributed by atoms with Crippen molar-refractivity contribution in [3.63, 3.8) is 0 Å². The number of nitro groups is 1. The van der Waals surface area contributed by atoms with Crippen LogP contribution in [0.1, 0.15) is 27.5 Å². The Morgan fingerprint density at radius 2 is 1.93 bits per heavy atom. The molecule has 2 aromatic carbocycles. The maximum atomic E-state index is 12.6. The van der Waals surface area contributed by atoms with Crippen molar-refractivity contribution in [2.45, 2.75) is 12.5 Å². The summed E-state index contributed by atoms with van der Waals surface area (Å²) in [5.74, 6) is -0.263. The van der Waals surface area contributed by atoms with Gasteiger partial charge in [-0.25, -0.2) is 0 Å². The van der Waals surface area contributed by atoms with Gasteiger partial charge in [0.1, 0.15) is 0 Å². The molecule has 1 atom stereocenters. The number of hydrogen-bond acceptors (Lipinski definition) is 5. The lowest BCUT2D eigenvalue weighted by molar-refractivity contribution is -0.384.